The van der Waals surface area contributed by atoms with Crippen molar-refractivity contribution in [3.63, 3.8) is 0 Å². The molecule has 0 bridgehead atoms. The normalized spacial score (nSPS) is 14.9. The van der Waals surface area contributed by atoms with Crippen molar-refractivity contribution in [3.8, 4) is 28.4 Å². The largest absolute Gasteiger partial charge is 0.487 e. The molecule has 0 N–H and O–H groups in total. The van der Waals surface area contributed by atoms with Crippen LogP contribution in [0.2, 0.25) is 0 Å². The van der Waals surface area contributed by atoms with Gasteiger partial charge in [-0.2, -0.15) is 5.10 Å². The molecule has 0 spiro atoms. The van der Waals surface area contributed by atoms with E-state index in [4.69, 9.17) is 9.72 Å². The van der Waals surface area contributed by atoms with E-state index in [-0.39, 0.29) is 6.10 Å². The minimum Gasteiger partial charge on any atom is -0.487 e. The first kappa shape index (κ1) is 22.2. The van der Waals surface area contributed by atoms with Gasteiger partial charge in [0.1, 0.15) is 6.10 Å². The summed E-state index contributed by atoms with van der Waals surface area (Å²) in [5.41, 5.74) is 4.69. The molecule has 5 heterocycles. The second-order valence-electron chi connectivity index (χ2n) is 9.12. The predicted molar refractivity (Wildman–Crippen MR) is 133 cm³/mol. The minimum absolute atomic E-state index is 0.221. The smallest absolute Gasteiger partial charge is 0.221 e. The molecule has 0 radical (unpaired) electrons. The Kier molecular flexibility index (Phi) is 5.82. The third-order valence-electron chi connectivity index (χ3n) is 6.34. The Morgan fingerprint density at radius 1 is 0.972 bits per heavy atom. The number of fused-ring (bicyclic) bond motifs is 1. The molecule has 11 heteroatoms. The molecule has 1 aliphatic rings. The van der Waals surface area contributed by atoms with Gasteiger partial charge in [0.25, 0.3) is 0 Å². The summed E-state index contributed by atoms with van der Waals surface area (Å²) in [6.07, 6.45) is 11.1. The highest BCUT2D eigenvalue weighted by molar-refractivity contribution is 5.69. The molecule has 5 aromatic rings. The van der Waals surface area contributed by atoms with Crippen LogP contribution in [-0.2, 0) is 13.6 Å². The van der Waals surface area contributed by atoms with Crippen molar-refractivity contribution in [3.05, 3.63) is 60.8 Å². The Bertz CT molecular complexity index is 1480. The van der Waals surface area contributed by atoms with Crippen LogP contribution >= 0.6 is 0 Å². The van der Waals surface area contributed by atoms with Gasteiger partial charge >= 0.3 is 0 Å². The summed E-state index contributed by atoms with van der Waals surface area (Å²) in [4.78, 5) is 20.6. The highest BCUT2D eigenvalue weighted by Crippen LogP contribution is 2.22. The van der Waals surface area contributed by atoms with Crippen LogP contribution in [0.3, 0.4) is 0 Å². The number of hydrogen-bond acceptors (Lipinski definition) is 9. The van der Waals surface area contributed by atoms with Crippen molar-refractivity contribution in [2.24, 2.45) is 7.05 Å². The van der Waals surface area contributed by atoms with Crippen LogP contribution in [0, 0.1) is 0 Å². The summed E-state index contributed by atoms with van der Waals surface area (Å²) in [6.45, 7) is 2.59. The molecular formula is C25H26N10O. The van der Waals surface area contributed by atoms with Crippen molar-refractivity contribution < 1.29 is 4.74 Å². The molecule has 1 fully saturated rings. The lowest BCUT2D eigenvalue weighted by molar-refractivity contribution is 0.113. The molecule has 4 aromatic heterocycles. The van der Waals surface area contributed by atoms with Gasteiger partial charge < -0.3 is 9.64 Å². The minimum atomic E-state index is 0.221. The van der Waals surface area contributed by atoms with Gasteiger partial charge in [-0.3, -0.25) is 4.68 Å². The van der Waals surface area contributed by atoms with Gasteiger partial charge in [0.2, 0.25) is 5.65 Å². The number of aryl methyl sites for hydroxylation is 1. The Balaban J connectivity index is 1.19. The average Bonchev–Trinajstić information content (AvgIpc) is 3.52. The number of piperidine rings is 1. The van der Waals surface area contributed by atoms with E-state index in [1.54, 1.807) is 34.2 Å². The summed E-state index contributed by atoms with van der Waals surface area (Å²) in [5, 5.41) is 12.7. The van der Waals surface area contributed by atoms with Gasteiger partial charge in [-0.15, -0.1) is 5.10 Å². The predicted octanol–water partition coefficient (Wildman–Crippen LogP) is 2.60. The molecule has 0 aliphatic carbocycles. The van der Waals surface area contributed by atoms with Crippen LogP contribution in [0.25, 0.3) is 33.9 Å². The van der Waals surface area contributed by atoms with E-state index in [1.807, 2.05) is 31.4 Å². The molecule has 6 rings (SSSR count). The lowest BCUT2D eigenvalue weighted by Gasteiger charge is -2.29. The Hall–Kier alpha value is -4.25. The summed E-state index contributed by atoms with van der Waals surface area (Å²) in [5.74, 6) is 1.36. The van der Waals surface area contributed by atoms with Crippen molar-refractivity contribution in [2.75, 3.05) is 20.1 Å². The van der Waals surface area contributed by atoms with Crippen LogP contribution in [0.4, 0.5) is 0 Å². The average molecular weight is 483 g/mol. The van der Waals surface area contributed by atoms with E-state index in [0.29, 0.717) is 29.4 Å². The Labute approximate surface area is 207 Å². The van der Waals surface area contributed by atoms with Gasteiger partial charge in [-0.05, 0) is 31.5 Å². The maximum atomic E-state index is 6.08. The molecule has 1 aromatic carbocycles. The van der Waals surface area contributed by atoms with E-state index in [1.165, 1.54) is 0 Å². The second kappa shape index (κ2) is 9.42. The molecule has 0 amide bonds. The lowest BCUT2D eigenvalue weighted by Crippen LogP contribution is -2.35. The number of nitrogens with zero attached hydrogens (tertiary/aromatic N) is 10. The molecule has 0 unspecified atom stereocenters. The van der Waals surface area contributed by atoms with Crippen molar-refractivity contribution in [1.82, 2.24) is 49.6 Å². The van der Waals surface area contributed by atoms with E-state index < -0.39 is 0 Å². The topological polar surface area (TPSA) is 113 Å². The quantitative estimate of drug-likeness (QED) is 0.360. The molecule has 0 atom stereocenters. The third-order valence-corrected chi connectivity index (χ3v) is 6.34. The molecule has 182 valence electrons. The number of likely N-dealkylation sites (tertiary alicyclic amines) is 1. The van der Waals surface area contributed by atoms with E-state index in [0.717, 1.165) is 48.3 Å². The van der Waals surface area contributed by atoms with Gasteiger partial charge in [-0.1, -0.05) is 23.4 Å². The molecule has 0 saturated carbocycles. The highest BCUT2D eigenvalue weighted by Gasteiger charge is 2.18. The molecule has 1 saturated heterocycles. The number of benzene rings is 1. The van der Waals surface area contributed by atoms with Crippen molar-refractivity contribution >= 4 is 11.3 Å². The van der Waals surface area contributed by atoms with Crippen LogP contribution in [0.5, 0.6) is 5.75 Å². The number of hydrogen-bond donors (Lipinski definition) is 0. The Morgan fingerprint density at radius 2 is 1.81 bits per heavy atom. The van der Waals surface area contributed by atoms with Crippen LogP contribution in [0.1, 0.15) is 18.4 Å². The first-order chi connectivity index (χ1) is 17.6. The fourth-order valence-electron chi connectivity index (χ4n) is 4.36. The summed E-state index contributed by atoms with van der Waals surface area (Å²) >= 11 is 0. The van der Waals surface area contributed by atoms with E-state index in [2.05, 4.69) is 48.4 Å². The van der Waals surface area contributed by atoms with Crippen molar-refractivity contribution in [2.45, 2.75) is 25.5 Å². The summed E-state index contributed by atoms with van der Waals surface area (Å²) in [7, 11) is 4.01. The lowest BCUT2D eigenvalue weighted by atomic mass is 10.1. The zero-order valence-electron chi connectivity index (χ0n) is 20.2. The number of rotatable bonds is 6. The van der Waals surface area contributed by atoms with Gasteiger partial charge in [0, 0.05) is 37.5 Å². The zero-order valence-corrected chi connectivity index (χ0v) is 20.2. The zero-order chi connectivity index (χ0) is 24.5. The van der Waals surface area contributed by atoms with Crippen molar-refractivity contribution in [1.29, 1.82) is 0 Å². The first-order valence-electron chi connectivity index (χ1n) is 11.9. The number of ether oxygens (including phenoxy) is 1. The maximum absolute atomic E-state index is 6.08. The fourth-order valence-corrected chi connectivity index (χ4v) is 4.36. The van der Waals surface area contributed by atoms with Crippen LogP contribution < -0.4 is 4.74 Å². The monoisotopic (exact) mass is 482 g/mol. The summed E-state index contributed by atoms with van der Waals surface area (Å²) in [6, 6.07) is 8.07. The van der Waals surface area contributed by atoms with Gasteiger partial charge in [-0.25, -0.2) is 24.6 Å². The SMILES string of the molecule is CN1CCC(Oc2cnc(-c3cccc(Cn4nnc5ncc(-c6cnn(C)c6)nc54)c3)nc2)CC1. The molecule has 36 heavy (non-hydrogen) atoms. The summed E-state index contributed by atoms with van der Waals surface area (Å²) < 4.78 is 9.57. The number of aromatic nitrogens is 9. The second-order valence-corrected chi connectivity index (χ2v) is 9.12. The maximum Gasteiger partial charge on any atom is 0.221 e. The van der Waals surface area contributed by atoms with Crippen LogP contribution in [-0.4, -0.2) is 75.9 Å². The Morgan fingerprint density at radius 3 is 2.58 bits per heavy atom. The third kappa shape index (κ3) is 4.65. The van der Waals surface area contributed by atoms with E-state index >= 15 is 0 Å². The molecule has 1 aliphatic heterocycles. The molecular weight excluding hydrogens is 456 g/mol. The standard InChI is InChI=1S/C25H26N10O/c1-33-8-6-20(7-9-33)36-21-12-26-23(27-13-21)18-5-3-4-17(10-18)15-35-25-24(31-32-35)28-14-22(30-25)19-11-29-34(2)16-19/h3-5,10-14,16,20H,6-9,15H2,1-2H3. The fraction of sp³-hybridized carbons (Fsp3) is 0.320. The highest BCUT2D eigenvalue weighted by atomic mass is 16.5. The van der Waals surface area contributed by atoms with Gasteiger partial charge in [0.15, 0.2) is 17.2 Å². The van der Waals surface area contributed by atoms with Crippen LogP contribution in [0.15, 0.2) is 55.2 Å². The molecule has 11 nitrogen and oxygen atoms in total. The first-order valence-corrected chi connectivity index (χ1v) is 11.9. The van der Waals surface area contributed by atoms with Gasteiger partial charge in [0.05, 0.1) is 37.0 Å². The van der Waals surface area contributed by atoms with E-state index in [9.17, 15) is 0 Å².